The summed E-state index contributed by atoms with van der Waals surface area (Å²) in [6.07, 6.45) is 3.48. The van der Waals surface area contributed by atoms with Gasteiger partial charge in [0, 0.05) is 18.0 Å². The van der Waals surface area contributed by atoms with Gasteiger partial charge in [-0.15, -0.1) is 5.10 Å². The van der Waals surface area contributed by atoms with Crippen LogP contribution in [0.4, 0.5) is 5.69 Å². The number of nitrogens with zero attached hydrogens (tertiary/aromatic N) is 3. The van der Waals surface area contributed by atoms with Crippen molar-refractivity contribution in [3.8, 4) is 5.75 Å². The number of anilines is 1. The van der Waals surface area contributed by atoms with Crippen LogP contribution < -0.4 is 9.75 Å². The minimum absolute atomic E-state index is 0.0787. The molecule has 6 nitrogen and oxygen atoms in total. The Morgan fingerprint density at radius 1 is 1.00 bits per heavy atom. The third-order valence-electron chi connectivity index (χ3n) is 3.99. The average Bonchev–Trinajstić information content (AvgIpc) is 2.74. The quantitative estimate of drug-likeness (QED) is 0.700. The highest BCUT2D eigenvalue weighted by molar-refractivity contribution is 6.05. The van der Waals surface area contributed by atoms with Gasteiger partial charge in [-0.1, -0.05) is 36.4 Å². The number of para-hydroxylation sites is 2. The molecular weight excluding hydrogens is 342 g/mol. The number of rotatable bonds is 5. The molecule has 0 unspecified atom stereocenters. The molecule has 0 radical (unpaired) electrons. The van der Waals surface area contributed by atoms with Crippen LogP contribution in [0.2, 0.25) is 0 Å². The third kappa shape index (κ3) is 3.79. The summed E-state index contributed by atoms with van der Waals surface area (Å²) in [6, 6.07) is 20.5. The normalized spacial score (nSPS) is 13.7. The standard InChI is InChI=1S/C21H17N3O3/c25-20-15-27-21(23-24(20)17-8-2-1-3-9-17)18-10-4-5-11-19(18)26-14-16-7-6-12-22-13-16/h1-13H,14-15H2. The number of carbonyl (C=O) groups excluding carboxylic acids is 1. The molecule has 0 N–H and O–H groups in total. The second-order valence-corrected chi connectivity index (χ2v) is 5.88. The van der Waals surface area contributed by atoms with Gasteiger partial charge in [0.2, 0.25) is 5.90 Å². The highest BCUT2D eigenvalue weighted by Gasteiger charge is 2.25. The van der Waals surface area contributed by atoms with Crippen LogP contribution in [0.25, 0.3) is 0 Å². The lowest BCUT2D eigenvalue weighted by molar-refractivity contribution is -0.121. The Kier molecular flexibility index (Phi) is 4.78. The van der Waals surface area contributed by atoms with Crippen molar-refractivity contribution in [1.29, 1.82) is 0 Å². The maximum atomic E-state index is 12.2. The molecule has 0 aliphatic carbocycles. The van der Waals surface area contributed by atoms with Gasteiger partial charge in [-0.25, -0.2) is 0 Å². The zero-order valence-corrected chi connectivity index (χ0v) is 14.5. The van der Waals surface area contributed by atoms with E-state index in [2.05, 4.69) is 10.1 Å². The molecule has 0 bridgehead atoms. The molecule has 134 valence electrons. The van der Waals surface area contributed by atoms with Crippen molar-refractivity contribution in [2.45, 2.75) is 6.61 Å². The number of benzene rings is 2. The lowest BCUT2D eigenvalue weighted by atomic mass is 10.2. The summed E-state index contributed by atoms with van der Waals surface area (Å²) in [5, 5.41) is 5.76. The Bertz CT molecular complexity index is 959. The number of hydrogen-bond donors (Lipinski definition) is 0. The molecule has 0 atom stereocenters. The predicted octanol–water partition coefficient (Wildman–Crippen LogP) is 3.39. The Balaban J connectivity index is 1.62. The van der Waals surface area contributed by atoms with E-state index >= 15 is 0 Å². The summed E-state index contributed by atoms with van der Waals surface area (Å²) in [7, 11) is 0. The van der Waals surface area contributed by atoms with E-state index in [4.69, 9.17) is 9.47 Å². The largest absolute Gasteiger partial charge is 0.488 e. The number of carbonyl (C=O) groups is 1. The van der Waals surface area contributed by atoms with Gasteiger partial charge in [-0.05, 0) is 30.3 Å². The molecular formula is C21H17N3O3. The van der Waals surface area contributed by atoms with E-state index in [0.717, 1.165) is 5.56 Å². The fraction of sp³-hybridized carbons (Fsp3) is 0.0952. The molecule has 6 heteroatoms. The van der Waals surface area contributed by atoms with E-state index in [9.17, 15) is 4.79 Å². The number of pyridine rings is 1. The average molecular weight is 359 g/mol. The van der Waals surface area contributed by atoms with Crippen molar-refractivity contribution in [3.63, 3.8) is 0 Å². The van der Waals surface area contributed by atoms with Crippen molar-refractivity contribution < 1.29 is 14.3 Å². The molecule has 1 aliphatic heterocycles. The summed E-state index contributed by atoms with van der Waals surface area (Å²) < 4.78 is 11.5. The first kappa shape index (κ1) is 16.8. The van der Waals surface area contributed by atoms with Gasteiger partial charge < -0.3 is 9.47 Å². The Morgan fingerprint density at radius 2 is 1.81 bits per heavy atom. The maximum Gasteiger partial charge on any atom is 0.285 e. The molecule has 3 aromatic rings. The summed E-state index contributed by atoms with van der Waals surface area (Å²) in [4.78, 5) is 16.3. The predicted molar refractivity (Wildman–Crippen MR) is 101 cm³/mol. The van der Waals surface area contributed by atoms with Crippen LogP contribution >= 0.6 is 0 Å². The second-order valence-electron chi connectivity index (χ2n) is 5.88. The van der Waals surface area contributed by atoms with Gasteiger partial charge in [0.25, 0.3) is 5.91 Å². The minimum atomic E-state index is -0.223. The van der Waals surface area contributed by atoms with Gasteiger partial charge in [-0.3, -0.25) is 9.78 Å². The van der Waals surface area contributed by atoms with Crippen LogP contribution in [0.3, 0.4) is 0 Å². The maximum absolute atomic E-state index is 12.2. The lowest BCUT2D eigenvalue weighted by Crippen LogP contribution is -2.36. The molecule has 1 aromatic heterocycles. The van der Waals surface area contributed by atoms with Gasteiger partial charge in [0.05, 0.1) is 11.3 Å². The zero-order chi connectivity index (χ0) is 18.5. The Labute approximate surface area is 156 Å². The second kappa shape index (κ2) is 7.70. The fourth-order valence-corrected chi connectivity index (χ4v) is 2.68. The van der Waals surface area contributed by atoms with E-state index in [1.54, 1.807) is 12.4 Å². The van der Waals surface area contributed by atoms with Crippen LogP contribution in [0.5, 0.6) is 5.75 Å². The van der Waals surface area contributed by atoms with Crippen molar-refractivity contribution in [3.05, 3.63) is 90.3 Å². The highest BCUT2D eigenvalue weighted by atomic mass is 16.5. The smallest absolute Gasteiger partial charge is 0.285 e. The van der Waals surface area contributed by atoms with Crippen molar-refractivity contribution in [2.24, 2.45) is 5.10 Å². The molecule has 0 fully saturated rings. The summed E-state index contributed by atoms with van der Waals surface area (Å²) in [6.45, 7) is 0.296. The van der Waals surface area contributed by atoms with Crippen LogP contribution in [0.1, 0.15) is 11.1 Å². The molecule has 1 aliphatic rings. The number of ether oxygens (including phenoxy) is 2. The summed E-state index contributed by atoms with van der Waals surface area (Å²) in [5.74, 6) is 0.751. The number of hydrazone groups is 1. The first-order valence-electron chi connectivity index (χ1n) is 8.52. The van der Waals surface area contributed by atoms with Gasteiger partial charge >= 0.3 is 0 Å². The van der Waals surface area contributed by atoms with E-state index < -0.39 is 0 Å². The first-order valence-corrected chi connectivity index (χ1v) is 8.52. The minimum Gasteiger partial charge on any atom is -0.488 e. The van der Waals surface area contributed by atoms with Crippen LogP contribution in [0, 0.1) is 0 Å². The molecule has 0 spiro atoms. The fourth-order valence-electron chi connectivity index (χ4n) is 2.68. The van der Waals surface area contributed by atoms with E-state index in [1.165, 1.54) is 5.01 Å². The molecule has 27 heavy (non-hydrogen) atoms. The van der Waals surface area contributed by atoms with E-state index in [-0.39, 0.29) is 12.5 Å². The molecule has 2 heterocycles. The Morgan fingerprint density at radius 3 is 2.63 bits per heavy atom. The summed E-state index contributed by atoms with van der Waals surface area (Å²) >= 11 is 0. The number of hydrogen-bond acceptors (Lipinski definition) is 5. The highest BCUT2D eigenvalue weighted by Crippen LogP contribution is 2.24. The topological polar surface area (TPSA) is 64.0 Å². The third-order valence-corrected chi connectivity index (χ3v) is 3.99. The lowest BCUT2D eigenvalue weighted by Gasteiger charge is -2.24. The summed E-state index contributed by atoms with van der Waals surface area (Å²) in [5.41, 5.74) is 2.34. The number of amides is 1. The van der Waals surface area contributed by atoms with Crippen LogP contribution in [-0.2, 0) is 16.1 Å². The molecule has 2 aromatic carbocycles. The van der Waals surface area contributed by atoms with Crippen molar-refractivity contribution in [2.75, 3.05) is 11.6 Å². The van der Waals surface area contributed by atoms with Crippen LogP contribution in [0.15, 0.2) is 84.2 Å². The SMILES string of the molecule is O=C1COC(c2ccccc2OCc2cccnc2)=NN1c1ccccc1. The van der Waals surface area contributed by atoms with Gasteiger partial charge in [0.15, 0.2) is 6.61 Å². The number of aromatic nitrogens is 1. The van der Waals surface area contributed by atoms with Crippen LogP contribution in [-0.4, -0.2) is 23.4 Å². The Hall–Kier alpha value is -3.67. The van der Waals surface area contributed by atoms with Gasteiger partial charge in [-0.2, -0.15) is 5.01 Å². The molecule has 1 amide bonds. The molecule has 4 rings (SSSR count). The van der Waals surface area contributed by atoms with E-state index in [0.29, 0.717) is 29.5 Å². The monoisotopic (exact) mass is 359 g/mol. The molecule has 0 saturated carbocycles. The first-order chi connectivity index (χ1) is 13.3. The van der Waals surface area contributed by atoms with Crippen molar-refractivity contribution in [1.82, 2.24) is 4.98 Å². The zero-order valence-electron chi connectivity index (χ0n) is 14.5. The van der Waals surface area contributed by atoms with Gasteiger partial charge in [0.1, 0.15) is 12.4 Å². The van der Waals surface area contributed by atoms with E-state index in [1.807, 2.05) is 66.7 Å². The molecule has 0 saturated heterocycles. The van der Waals surface area contributed by atoms with Crippen molar-refractivity contribution >= 4 is 17.5 Å².